The third-order valence-electron chi connectivity index (χ3n) is 8.27. The number of carbonyl (C=O) groups excluding carboxylic acids is 1. The van der Waals surface area contributed by atoms with Crippen LogP contribution >= 0.6 is 0 Å². The van der Waals surface area contributed by atoms with E-state index in [4.69, 9.17) is 4.74 Å². The molecule has 0 aliphatic carbocycles. The van der Waals surface area contributed by atoms with E-state index in [0.717, 1.165) is 16.0 Å². The number of hydrogen-bond acceptors (Lipinski definition) is 6. The summed E-state index contributed by atoms with van der Waals surface area (Å²) in [7, 11) is 3.21. The van der Waals surface area contributed by atoms with Crippen molar-refractivity contribution >= 4 is 5.91 Å². The predicted molar refractivity (Wildman–Crippen MR) is 144 cm³/mol. The van der Waals surface area contributed by atoms with Gasteiger partial charge in [-0.25, -0.2) is 13.2 Å². The molecule has 4 aromatic rings. The van der Waals surface area contributed by atoms with Gasteiger partial charge < -0.3 is 19.3 Å². The minimum absolute atomic E-state index is 0.213. The summed E-state index contributed by atoms with van der Waals surface area (Å²) >= 11 is 0. The van der Waals surface area contributed by atoms with Crippen molar-refractivity contribution in [1.82, 2.24) is 29.7 Å². The van der Waals surface area contributed by atoms with Gasteiger partial charge in [-0.15, -0.1) is 10.2 Å². The van der Waals surface area contributed by atoms with Gasteiger partial charge in [0.2, 0.25) is 5.82 Å². The SMILES string of the molecule is COc1cc2c(cc1-c1nnn(C)n1)-c1c(-c3ccc(F)cc3)cc(C(=O)N3CC(F)(F)C[C@@]3(C)[C@H](C)O)n1CC2. The summed E-state index contributed by atoms with van der Waals surface area (Å²) in [5.41, 5.74) is 3.05. The van der Waals surface area contributed by atoms with Gasteiger partial charge in [-0.3, -0.25) is 4.79 Å². The van der Waals surface area contributed by atoms with Crippen LogP contribution in [0.5, 0.6) is 5.75 Å². The van der Waals surface area contributed by atoms with Crippen molar-refractivity contribution in [3.63, 3.8) is 0 Å². The molecule has 0 unspecified atom stereocenters. The van der Waals surface area contributed by atoms with Gasteiger partial charge in [0.05, 0.1) is 43.6 Å². The minimum Gasteiger partial charge on any atom is -0.496 e. The molecule has 1 amide bonds. The summed E-state index contributed by atoms with van der Waals surface area (Å²) in [6, 6.07) is 11.3. The number of aromatic nitrogens is 5. The second kappa shape index (κ2) is 9.44. The van der Waals surface area contributed by atoms with Crippen molar-refractivity contribution in [2.75, 3.05) is 13.7 Å². The fourth-order valence-corrected chi connectivity index (χ4v) is 6.02. The van der Waals surface area contributed by atoms with Crippen LogP contribution in [0.25, 0.3) is 33.8 Å². The van der Waals surface area contributed by atoms with Gasteiger partial charge in [0.15, 0.2) is 0 Å². The maximum absolute atomic E-state index is 14.7. The van der Waals surface area contributed by atoms with Crippen molar-refractivity contribution in [1.29, 1.82) is 0 Å². The van der Waals surface area contributed by atoms with Crippen LogP contribution in [0.4, 0.5) is 13.2 Å². The lowest BCUT2D eigenvalue weighted by atomic mass is 9.91. The Morgan fingerprint density at radius 2 is 1.85 bits per heavy atom. The number of tetrazole rings is 1. The van der Waals surface area contributed by atoms with E-state index < -0.39 is 42.3 Å². The third-order valence-corrected chi connectivity index (χ3v) is 8.27. The number of hydrogen-bond donors (Lipinski definition) is 1. The van der Waals surface area contributed by atoms with Gasteiger partial charge in [0, 0.05) is 24.1 Å². The second-order valence-electron chi connectivity index (χ2n) is 11.0. The van der Waals surface area contributed by atoms with Crippen LogP contribution in [0.1, 0.15) is 36.3 Å². The Morgan fingerprint density at radius 3 is 2.49 bits per heavy atom. The third kappa shape index (κ3) is 4.37. The van der Waals surface area contributed by atoms with Gasteiger partial charge >= 0.3 is 0 Å². The molecule has 2 aliphatic rings. The van der Waals surface area contributed by atoms with E-state index in [1.165, 1.54) is 30.8 Å². The highest BCUT2D eigenvalue weighted by Gasteiger charge is 2.56. The molecule has 1 fully saturated rings. The van der Waals surface area contributed by atoms with Gasteiger partial charge in [0.1, 0.15) is 17.3 Å². The zero-order valence-corrected chi connectivity index (χ0v) is 23.0. The highest BCUT2D eigenvalue weighted by Crippen LogP contribution is 2.46. The molecule has 2 aromatic carbocycles. The minimum atomic E-state index is -3.14. The number of ether oxygens (including phenoxy) is 1. The molecule has 2 aliphatic heterocycles. The summed E-state index contributed by atoms with van der Waals surface area (Å²) in [6.45, 7) is 2.51. The first-order valence-corrected chi connectivity index (χ1v) is 13.2. The smallest absolute Gasteiger partial charge is 0.271 e. The highest BCUT2D eigenvalue weighted by atomic mass is 19.3. The van der Waals surface area contributed by atoms with E-state index in [1.54, 1.807) is 32.4 Å². The number of rotatable bonds is 5. The lowest BCUT2D eigenvalue weighted by Crippen LogP contribution is -2.52. The quantitative estimate of drug-likeness (QED) is 0.386. The number of aliphatic hydroxyl groups is 1. The molecular weight excluding hydrogens is 537 g/mol. The van der Waals surface area contributed by atoms with E-state index in [1.807, 2.05) is 16.7 Å². The van der Waals surface area contributed by atoms with Gasteiger partial charge in [-0.05, 0) is 66.9 Å². The molecule has 41 heavy (non-hydrogen) atoms. The number of amides is 1. The van der Waals surface area contributed by atoms with Crippen LogP contribution in [-0.2, 0) is 20.0 Å². The van der Waals surface area contributed by atoms with Crippen LogP contribution < -0.4 is 4.74 Å². The molecule has 1 saturated heterocycles. The van der Waals surface area contributed by atoms with E-state index in [9.17, 15) is 23.1 Å². The molecular formula is C29H29F3N6O3. The standard InChI is InChI=1S/C29H29F3N6O3/c1-16(39)28(2)14-29(31,32)15-38(28)27(40)23-13-21(17-5-7-19(30)8-6-17)25-20-12-22(26-33-35-36(3)34-26)24(41-4)11-18(20)9-10-37(23)25/h5-8,11-13,16,39H,9-10,14-15H2,1-4H3/t16-,28-/m0/s1. The molecule has 0 spiro atoms. The Kier molecular flexibility index (Phi) is 6.22. The van der Waals surface area contributed by atoms with Crippen molar-refractivity contribution < 1.29 is 27.8 Å². The number of aliphatic hydroxyl groups excluding tert-OH is 1. The Labute approximate surface area is 234 Å². The Morgan fingerprint density at radius 1 is 1.12 bits per heavy atom. The Balaban J connectivity index is 1.57. The summed E-state index contributed by atoms with van der Waals surface area (Å²) in [6.07, 6.45) is -1.28. The van der Waals surface area contributed by atoms with Crippen molar-refractivity contribution in [2.24, 2.45) is 7.05 Å². The van der Waals surface area contributed by atoms with Gasteiger partial charge in [0.25, 0.3) is 11.8 Å². The fraction of sp³-hybridized carbons (Fsp3) is 0.379. The molecule has 4 heterocycles. The van der Waals surface area contributed by atoms with Gasteiger partial charge in [-0.1, -0.05) is 12.1 Å². The lowest BCUT2D eigenvalue weighted by Gasteiger charge is -2.37. The number of alkyl halides is 2. The molecule has 2 atom stereocenters. The Hall–Kier alpha value is -4.19. The number of carbonyl (C=O) groups is 1. The fourth-order valence-electron chi connectivity index (χ4n) is 6.02. The van der Waals surface area contributed by atoms with Crippen molar-refractivity contribution in [2.45, 2.75) is 50.8 Å². The normalized spacial score (nSPS) is 20.0. The van der Waals surface area contributed by atoms with E-state index in [0.29, 0.717) is 46.9 Å². The largest absolute Gasteiger partial charge is 0.496 e. The first-order valence-electron chi connectivity index (χ1n) is 13.2. The molecule has 12 heteroatoms. The zero-order chi connectivity index (χ0) is 29.3. The van der Waals surface area contributed by atoms with Crippen LogP contribution in [0.15, 0.2) is 42.5 Å². The monoisotopic (exact) mass is 566 g/mol. The lowest BCUT2D eigenvalue weighted by molar-refractivity contribution is 0.00228. The molecule has 1 N–H and O–H groups in total. The van der Waals surface area contributed by atoms with E-state index in [-0.39, 0.29) is 5.69 Å². The first kappa shape index (κ1) is 27.0. The highest BCUT2D eigenvalue weighted by molar-refractivity contribution is 5.99. The van der Waals surface area contributed by atoms with Crippen LogP contribution in [0, 0.1) is 5.82 Å². The second-order valence-corrected chi connectivity index (χ2v) is 11.0. The maximum Gasteiger partial charge on any atom is 0.271 e. The number of likely N-dealkylation sites (tertiary alicyclic amines) is 1. The molecule has 214 valence electrons. The summed E-state index contributed by atoms with van der Waals surface area (Å²) in [5.74, 6) is -3.25. The number of methoxy groups -OCH3 is 1. The zero-order valence-electron chi connectivity index (χ0n) is 23.0. The topological polar surface area (TPSA) is 98.3 Å². The summed E-state index contributed by atoms with van der Waals surface area (Å²) < 4.78 is 50.7. The maximum atomic E-state index is 14.7. The molecule has 2 aromatic heterocycles. The molecule has 0 radical (unpaired) electrons. The van der Waals surface area contributed by atoms with Crippen LogP contribution in [0.2, 0.25) is 0 Å². The molecule has 0 bridgehead atoms. The molecule has 9 nitrogen and oxygen atoms in total. The summed E-state index contributed by atoms with van der Waals surface area (Å²) in [5, 5.41) is 22.9. The molecule has 0 saturated carbocycles. The number of aryl methyl sites for hydroxylation is 2. The van der Waals surface area contributed by atoms with E-state index in [2.05, 4.69) is 15.4 Å². The average molecular weight is 567 g/mol. The number of halogens is 3. The predicted octanol–water partition coefficient (Wildman–Crippen LogP) is 4.34. The first-order chi connectivity index (χ1) is 19.4. The van der Waals surface area contributed by atoms with E-state index >= 15 is 0 Å². The van der Waals surface area contributed by atoms with Crippen LogP contribution in [-0.4, -0.2) is 71.9 Å². The van der Waals surface area contributed by atoms with Crippen molar-refractivity contribution in [3.05, 3.63) is 59.5 Å². The number of benzene rings is 2. The summed E-state index contributed by atoms with van der Waals surface area (Å²) in [4.78, 5) is 16.5. The van der Waals surface area contributed by atoms with Crippen LogP contribution in [0.3, 0.4) is 0 Å². The van der Waals surface area contributed by atoms with Crippen molar-refractivity contribution in [3.8, 4) is 39.5 Å². The van der Waals surface area contributed by atoms with Gasteiger partial charge in [-0.2, -0.15) is 4.80 Å². The number of nitrogens with zero attached hydrogens (tertiary/aromatic N) is 6. The number of fused-ring (bicyclic) bond motifs is 3. The molecule has 6 rings (SSSR count). The Bertz CT molecular complexity index is 1660. The average Bonchev–Trinajstić information content (AvgIpc) is 3.61.